The molecule has 1 aromatic rings. The summed E-state index contributed by atoms with van der Waals surface area (Å²) in [5.74, 6) is -12.3. The Labute approximate surface area is 277 Å². The Morgan fingerprint density at radius 1 is 1.02 bits per heavy atom. The summed E-state index contributed by atoms with van der Waals surface area (Å²) in [6.07, 6.45) is 2.99. The number of hydrogen-bond acceptors (Lipinski definition) is 9. The van der Waals surface area contributed by atoms with Crippen LogP contribution in [0.4, 0.5) is 13.2 Å². The van der Waals surface area contributed by atoms with E-state index in [-0.39, 0.29) is 18.5 Å². The molecule has 4 N–H and O–H groups in total. The molecule has 48 heavy (non-hydrogen) atoms. The Hall–Kier alpha value is -3.16. The van der Waals surface area contributed by atoms with E-state index in [1.807, 2.05) is 4.90 Å². The number of carbonyl (C=O) groups is 5. The first-order valence-electron chi connectivity index (χ1n) is 17.1. The summed E-state index contributed by atoms with van der Waals surface area (Å²) in [6.45, 7) is 1.19. The molecule has 5 aliphatic carbocycles. The van der Waals surface area contributed by atoms with Crippen molar-refractivity contribution in [3.05, 3.63) is 28.3 Å². The third-order valence-corrected chi connectivity index (χ3v) is 11.6. The quantitative estimate of drug-likeness (QED) is 0.335. The van der Waals surface area contributed by atoms with Crippen molar-refractivity contribution in [1.82, 2.24) is 9.80 Å². The third kappa shape index (κ3) is 5.89. The maximum atomic E-state index is 15.1. The van der Waals surface area contributed by atoms with Crippen LogP contribution in [-0.4, -0.2) is 87.9 Å². The molecule has 13 heteroatoms. The molecule has 10 nitrogen and oxygen atoms in total. The molecular formula is C35H44F3N3O7. The van der Waals surface area contributed by atoms with Gasteiger partial charge in [-0.1, -0.05) is 32.1 Å². The molecule has 4 fully saturated rings. The van der Waals surface area contributed by atoms with Crippen LogP contribution < -0.4 is 5.73 Å². The highest BCUT2D eigenvalue weighted by Gasteiger charge is 2.69. The number of nitrogens with two attached hydrogens (primary N) is 1. The molecule has 1 amide bonds. The SMILES string of the molecule is CN(C)[C@@H]1C(=O)C(C(N)=O)C(=O)[C@@]2(O)C(=O)C3C(=O)c4c(O)cc(CN(CCC5CCCCC5)CC5CC5)c(C(F)(F)F)c4C[C@H]3C[C@@H]12. The predicted molar refractivity (Wildman–Crippen MR) is 166 cm³/mol. The first kappa shape index (κ1) is 34.7. The van der Waals surface area contributed by atoms with Crippen molar-refractivity contribution in [2.45, 2.75) is 88.6 Å². The van der Waals surface area contributed by atoms with E-state index < -0.39 is 99.4 Å². The zero-order valence-corrected chi connectivity index (χ0v) is 27.4. The molecule has 5 aliphatic rings. The van der Waals surface area contributed by atoms with Gasteiger partial charge < -0.3 is 15.9 Å². The normalized spacial score (nSPS) is 31.2. The molecule has 4 saturated carbocycles. The van der Waals surface area contributed by atoms with E-state index >= 15 is 13.2 Å². The summed E-state index contributed by atoms with van der Waals surface area (Å²) in [5.41, 5.74) is 0.182. The van der Waals surface area contributed by atoms with Crippen molar-refractivity contribution in [3.8, 4) is 5.75 Å². The van der Waals surface area contributed by atoms with Crippen molar-refractivity contribution in [2.24, 2.45) is 41.2 Å². The lowest BCUT2D eigenvalue weighted by Crippen LogP contribution is -2.74. The molecule has 0 aliphatic heterocycles. The van der Waals surface area contributed by atoms with Crippen LogP contribution in [0.5, 0.6) is 5.75 Å². The van der Waals surface area contributed by atoms with Crippen molar-refractivity contribution < 1.29 is 47.4 Å². The fraction of sp³-hybridized carbons (Fsp3) is 0.686. The van der Waals surface area contributed by atoms with Crippen LogP contribution in [0.15, 0.2) is 6.07 Å². The minimum absolute atomic E-state index is 0.0668. The summed E-state index contributed by atoms with van der Waals surface area (Å²) in [6, 6.07) is -0.366. The first-order valence-corrected chi connectivity index (χ1v) is 17.1. The fourth-order valence-electron chi connectivity index (χ4n) is 9.20. The maximum Gasteiger partial charge on any atom is 0.417 e. The number of fused-ring (bicyclic) bond motifs is 3. The minimum Gasteiger partial charge on any atom is -0.507 e. The second-order valence-corrected chi connectivity index (χ2v) is 15.0. The second-order valence-electron chi connectivity index (χ2n) is 15.0. The molecule has 0 saturated heterocycles. The van der Waals surface area contributed by atoms with Gasteiger partial charge in [-0.2, -0.15) is 13.2 Å². The van der Waals surface area contributed by atoms with Crippen LogP contribution in [0.2, 0.25) is 0 Å². The number of primary amides is 1. The number of aromatic hydroxyl groups is 1. The largest absolute Gasteiger partial charge is 0.507 e. The number of carbonyl (C=O) groups excluding carboxylic acids is 5. The average Bonchev–Trinajstić information content (AvgIpc) is 3.81. The topological polar surface area (TPSA) is 158 Å². The number of Topliss-reactive ketones (excluding diaryl/α,β-unsaturated/α-hetero) is 4. The van der Waals surface area contributed by atoms with E-state index in [4.69, 9.17) is 5.73 Å². The number of rotatable bonds is 9. The Kier molecular flexibility index (Phi) is 9.12. The summed E-state index contributed by atoms with van der Waals surface area (Å²) in [5, 5.41) is 22.9. The van der Waals surface area contributed by atoms with Gasteiger partial charge in [0.05, 0.1) is 23.1 Å². The summed E-state index contributed by atoms with van der Waals surface area (Å²) in [7, 11) is 2.89. The zero-order valence-electron chi connectivity index (χ0n) is 27.4. The van der Waals surface area contributed by atoms with Gasteiger partial charge in [0.15, 0.2) is 34.7 Å². The number of hydrogen-bond donors (Lipinski definition) is 3. The van der Waals surface area contributed by atoms with Crippen molar-refractivity contribution in [3.63, 3.8) is 0 Å². The van der Waals surface area contributed by atoms with Gasteiger partial charge in [-0.05, 0) is 87.7 Å². The predicted octanol–water partition coefficient (Wildman–Crippen LogP) is 3.07. The van der Waals surface area contributed by atoms with Crippen molar-refractivity contribution in [2.75, 3.05) is 27.2 Å². The molecule has 0 radical (unpaired) electrons. The van der Waals surface area contributed by atoms with E-state index in [0.29, 0.717) is 24.9 Å². The van der Waals surface area contributed by atoms with Crippen LogP contribution in [0.1, 0.15) is 84.8 Å². The van der Waals surface area contributed by atoms with Gasteiger partial charge in [-0.3, -0.25) is 33.8 Å². The number of benzene rings is 1. The van der Waals surface area contributed by atoms with Crippen LogP contribution in [0.25, 0.3) is 0 Å². The molecule has 0 spiro atoms. The van der Waals surface area contributed by atoms with E-state index in [2.05, 4.69) is 0 Å². The van der Waals surface area contributed by atoms with Crippen LogP contribution >= 0.6 is 0 Å². The minimum atomic E-state index is -4.90. The fourth-order valence-corrected chi connectivity index (χ4v) is 9.20. The Balaban J connectivity index is 1.38. The Morgan fingerprint density at radius 2 is 1.69 bits per heavy atom. The number of alkyl halides is 3. The maximum absolute atomic E-state index is 15.1. The number of ketones is 4. The average molecular weight is 676 g/mol. The van der Waals surface area contributed by atoms with Crippen molar-refractivity contribution >= 4 is 29.0 Å². The first-order chi connectivity index (χ1) is 22.5. The third-order valence-electron chi connectivity index (χ3n) is 11.6. The molecule has 1 aromatic carbocycles. The van der Waals surface area contributed by atoms with Gasteiger partial charge in [-0.25, -0.2) is 0 Å². The number of amides is 1. The van der Waals surface area contributed by atoms with E-state index in [9.17, 15) is 34.2 Å². The number of halogens is 3. The number of phenolic OH excluding ortho intramolecular Hbond substituents is 1. The number of aliphatic hydroxyl groups is 1. The van der Waals surface area contributed by atoms with Crippen LogP contribution in [0, 0.1) is 35.5 Å². The lowest BCUT2D eigenvalue weighted by molar-refractivity contribution is -0.181. The van der Waals surface area contributed by atoms with Crippen LogP contribution in [-0.2, 0) is 38.3 Å². The van der Waals surface area contributed by atoms with Gasteiger partial charge in [0.2, 0.25) is 5.91 Å². The standard InChI is InChI=1S/C35H44F3N3O7/c1-40(2)28-22-13-19-12-21-25(29(43)24(19)31(45)34(22,48)32(46)26(30(28)44)33(39)47)23(42)14-20(27(21)35(36,37)38)16-41(15-18-8-9-18)11-10-17-6-4-3-5-7-17/h14,17-19,22,24,26,28,42,48H,3-13,15-16H2,1-2H3,(H2,39,47)/t19-,22-,24?,26?,28-,34-/m0/s1. The van der Waals surface area contributed by atoms with Gasteiger partial charge in [0, 0.05) is 19.0 Å². The lowest BCUT2D eigenvalue weighted by Gasteiger charge is -2.52. The summed E-state index contributed by atoms with van der Waals surface area (Å²) >= 11 is 0. The highest BCUT2D eigenvalue weighted by atomic mass is 19.4. The molecule has 2 unspecified atom stereocenters. The highest BCUT2D eigenvalue weighted by Crippen LogP contribution is 2.53. The Morgan fingerprint density at radius 3 is 2.27 bits per heavy atom. The lowest BCUT2D eigenvalue weighted by atomic mass is 9.52. The molecule has 0 heterocycles. The number of likely N-dealkylation sites (N-methyl/N-ethyl adjacent to an activating group) is 1. The smallest absolute Gasteiger partial charge is 0.417 e. The summed E-state index contributed by atoms with van der Waals surface area (Å²) < 4.78 is 45.2. The summed E-state index contributed by atoms with van der Waals surface area (Å²) in [4.78, 5) is 70.3. The van der Waals surface area contributed by atoms with Gasteiger partial charge in [0.25, 0.3) is 0 Å². The van der Waals surface area contributed by atoms with E-state index in [0.717, 1.165) is 51.0 Å². The molecular weight excluding hydrogens is 631 g/mol. The molecule has 6 atom stereocenters. The molecule has 262 valence electrons. The second kappa shape index (κ2) is 12.6. The van der Waals surface area contributed by atoms with Gasteiger partial charge in [-0.15, -0.1) is 0 Å². The molecule has 0 bridgehead atoms. The van der Waals surface area contributed by atoms with Crippen molar-refractivity contribution in [1.29, 1.82) is 0 Å². The molecule has 6 rings (SSSR count). The van der Waals surface area contributed by atoms with Gasteiger partial charge in [0.1, 0.15) is 5.75 Å². The van der Waals surface area contributed by atoms with Crippen LogP contribution in [0.3, 0.4) is 0 Å². The Bertz CT molecular complexity index is 1530. The monoisotopic (exact) mass is 675 g/mol. The van der Waals surface area contributed by atoms with E-state index in [1.165, 1.54) is 25.4 Å². The van der Waals surface area contributed by atoms with Gasteiger partial charge >= 0.3 is 6.18 Å². The van der Waals surface area contributed by atoms with E-state index in [1.54, 1.807) is 0 Å². The number of nitrogens with zero attached hydrogens (tertiary/aromatic N) is 2. The highest BCUT2D eigenvalue weighted by molar-refractivity contribution is 6.32. The zero-order chi connectivity index (χ0) is 34.9. The number of phenols is 1. The molecule has 0 aromatic heterocycles.